The molecule has 0 heterocycles. The molecule has 13 heteroatoms. The van der Waals surface area contributed by atoms with Crippen LogP contribution < -0.4 is 0 Å². The average Bonchev–Trinajstić information content (AvgIpc) is 2.87. The summed E-state index contributed by atoms with van der Waals surface area (Å²) in [6.07, 6.45) is 0. The Hall–Kier alpha value is -4.91. The van der Waals surface area contributed by atoms with Crippen molar-refractivity contribution in [1.82, 2.24) is 9.80 Å². The van der Waals surface area contributed by atoms with Crippen LogP contribution >= 0.6 is 0 Å². The maximum Gasteiger partial charge on any atom is 0.324 e. The van der Waals surface area contributed by atoms with E-state index in [-0.39, 0.29) is 0 Å². The van der Waals surface area contributed by atoms with Crippen LogP contribution in [0.4, 0.5) is 22.7 Å². The van der Waals surface area contributed by atoms with Gasteiger partial charge in [-0.05, 0) is 38.7 Å². The number of para-hydroxylation sites is 1. The van der Waals surface area contributed by atoms with Crippen LogP contribution in [-0.2, 0) is 6.54 Å². The van der Waals surface area contributed by atoms with Gasteiger partial charge in [0.25, 0.3) is 11.4 Å². The molecule has 0 fully saturated rings. The number of phenols is 1. The number of nitrogens with zero attached hydrogens (tertiary/aromatic N) is 6. The minimum atomic E-state index is -1.21. The van der Waals surface area contributed by atoms with Gasteiger partial charge < -0.3 is 14.9 Å². The van der Waals surface area contributed by atoms with E-state index in [1.165, 1.54) is 5.56 Å². The van der Waals surface area contributed by atoms with Gasteiger partial charge >= 0.3 is 11.4 Å². The maximum atomic E-state index is 10.4. The molecule has 3 rings (SSSR count). The van der Waals surface area contributed by atoms with E-state index in [1.54, 1.807) is 0 Å². The molecule has 0 atom stereocenters. The Labute approximate surface area is 218 Å². The fourth-order valence-corrected chi connectivity index (χ4v) is 3.21. The van der Waals surface area contributed by atoms with E-state index < -0.39 is 37.6 Å². The van der Waals surface area contributed by atoms with Crippen LogP contribution in [0.25, 0.3) is 0 Å². The third-order valence-corrected chi connectivity index (χ3v) is 5.20. The number of phenolic OH excluding ortho intramolecular Hbond substituents is 1. The summed E-state index contributed by atoms with van der Waals surface area (Å²) < 4.78 is 0. The zero-order chi connectivity index (χ0) is 28.2. The van der Waals surface area contributed by atoms with Crippen molar-refractivity contribution in [3.8, 4) is 5.75 Å². The van der Waals surface area contributed by atoms with Crippen molar-refractivity contribution in [1.29, 1.82) is 0 Å². The van der Waals surface area contributed by atoms with Crippen LogP contribution in [0.1, 0.15) is 12.5 Å². The minimum absolute atomic E-state index is 0.447. The summed E-state index contributed by atoms with van der Waals surface area (Å²) in [7, 11) is 4.20. The second-order valence-electron chi connectivity index (χ2n) is 8.31. The molecule has 0 radical (unpaired) electrons. The highest BCUT2D eigenvalue weighted by atomic mass is 16.6. The fraction of sp³-hybridized carbons (Fsp3) is 0.240. The number of likely N-dealkylation sites (N-methyl/N-ethyl adjacent to an activating group) is 1. The third kappa shape index (κ3) is 8.95. The first kappa shape index (κ1) is 29.3. The molecule has 0 aliphatic carbocycles. The van der Waals surface area contributed by atoms with Gasteiger partial charge in [0.1, 0.15) is 5.84 Å². The SMILES string of the molecule is CC(=Nc1ccccc1)N(CCN(C)C)Cc1ccccc1.O=[N+]([O-])c1cc([N+](=O)[O-])c(O)c([N+](=O)[O-])c1. The molecule has 13 nitrogen and oxygen atoms in total. The zero-order valence-electron chi connectivity index (χ0n) is 21.1. The van der Waals surface area contributed by atoms with Gasteiger partial charge in [-0.25, -0.2) is 4.99 Å². The molecule has 38 heavy (non-hydrogen) atoms. The number of rotatable bonds is 9. The van der Waals surface area contributed by atoms with E-state index in [0.29, 0.717) is 12.1 Å². The summed E-state index contributed by atoms with van der Waals surface area (Å²) in [6.45, 7) is 4.95. The van der Waals surface area contributed by atoms with Crippen LogP contribution in [0, 0.1) is 30.3 Å². The molecule has 0 amide bonds. The Bertz CT molecular complexity index is 1250. The van der Waals surface area contributed by atoms with Crippen LogP contribution in [0.3, 0.4) is 0 Å². The number of nitro groups is 3. The number of hydrogen-bond donors (Lipinski definition) is 1. The summed E-state index contributed by atoms with van der Waals surface area (Å²) in [5, 5.41) is 40.2. The average molecular weight is 525 g/mol. The van der Waals surface area contributed by atoms with Gasteiger partial charge in [-0.2, -0.15) is 0 Å². The Balaban J connectivity index is 0.000000281. The number of aliphatic imine (C=N–C) groups is 1. The van der Waals surface area contributed by atoms with Gasteiger partial charge in [-0.1, -0.05) is 48.5 Å². The Morgan fingerprint density at radius 1 is 0.816 bits per heavy atom. The number of aromatic hydroxyl groups is 1. The molecule has 0 saturated heterocycles. The maximum absolute atomic E-state index is 10.4. The topological polar surface area (TPSA) is 168 Å². The monoisotopic (exact) mass is 524 g/mol. The first-order valence-electron chi connectivity index (χ1n) is 11.3. The molecular formula is C25H28N6O7. The molecular weight excluding hydrogens is 496 g/mol. The van der Waals surface area contributed by atoms with Crippen molar-refractivity contribution < 1.29 is 19.9 Å². The fourth-order valence-electron chi connectivity index (χ4n) is 3.21. The van der Waals surface area contributed by atoms with Crippen LogP contribution in [-0.4, -0.2) is 62.7 Å². The molecule has 0 bridgehead atoms. The molecule has 0 unspecified atom stereocenters. The predicted octanol–water partition coefficient (Wildman–Crippen LogP) is 4.92. The number of amidine groups is 1. The molecule has 1 N–H and O–H groups in total. The summed E-state index contributed by atoms with van der Waals surface area (Å²) in [5.41, 5.74) is -0.690. The predicted molar refractivity (Wildman–Crippen MR) is 143 cm³/mol. The largest absolute Gasteiger partial charge is 0.497 e. The van der Waals surface area contributed by atoms with Gasteiger partial charge in [0.05, 0.1) is 32.6 Å². The number of hydrogen-bond acceptors (Lipinski definition) is 9. The van der Waals surface area contributed by atoms with E-state index in [4.69, 9.17) is 10.1 Å². The van der Waals surface area contributed by atoms with Gasteiger partial charge in [-0.15, -0.1) is 0 Å². The summed E-state index contributed by atoms with van der Waals surface area (Å²) in [5.74, 6) is -0.155. The van der Waals surface area contributed by atoms with E-state index >= 15 is 0 Å². The second kappa shape index (κ2) is 14.0. The van der Waals surface area contributed by atoms with Crippen molar-refractivity contribution in [2.24, 2.45) is 4.99 Å². The van der Waals surface area contributed by atoms with Crippen molar-refractivity contribution in [3.63, 3.8) is 0 Å². The quantitative estimate of drug-likeness (QED) is 0.177. The van der Waals surface area contributed by atoms with Gasteiger partial charge in [-0.3, -0.25) is 30.3 Å². The van der Waals surface area contributed by atoms with Crippen LogP contribution in [0.15, 0.2) is 77.8 Å². The van der Waals surface area contributed by atoms with Crippen LogP contribution in [0.2, 0.25) is 0 Å². The Morgan fingerprint density at radius 3 is 1.76 bits per heavy atom. The summed E-state index contributed by atoms with van der Waals surface area (Å²) >= 11 is 0. The van der Waals surface area contributed by atoms with Crippen molar-refractivity contribution in [2.75, 3.05) is 27.2 Å². The van der Waals surface area contributed by atoms with E-state index in [2.05, 4.69) is 61.2 Å². The standard InChI is InChI=1S/C19H25N3.C6H3N3O7/c1-17(20-19-12-8-5-9-13-19)22(15-14-21(2)3)16-18-10-6-4-7-11-18;10-6-4(8(13)14)1-3(7(11)12)2-5(6)9(15)16/h4-13H,14-16H2,1-3H3;1-2,10H. The highest BCUT2D eigenvalue weighted by Crippen LogP contribution is 2.38. The second-order valence-corrected chi connectivity index (χ2v) is 8.31. The molecule has 0 saturated carbocycles. The Morgan fingerprint density at radius 2 is 1.32 bits per heavy atom. The molecule has 3 aromatic carbocycles. The lowest BCUT2D eigenvalue weighted by atomic mass is 10.2. The van der Waals surface area contributed by atoms with Gasteiger partial charge in [0, 0.05) is 19.6 Å². The summed E-state index contributed by atoms with van der Waals surface area (Å²) in [4.78, 5) is 37.1. The smallest absolute Gasteiger partial charge is 0.324 e. The lowest BCUT2D eigenvalue weighted by Gasteiger charge is -2.26. The van der Waals surface area contributed by atoms with Crippen molar-refractivity contribution >= 4 is 28.6 Å². The van der Waals surface area contributed by atoms with Gasteiger partial charge in [0.2, 0.25) is 0 Å². The third-order valence-electron chi connectivity index (χ3n) is 5.20. The number of benzene rings is 3. The lowest BCUT2D eigenvalue weighted by molar-refractivity contribution is -0.404. The first-order valence-corrected chi connectivity index (χ1v) is 11.3. The normalized spacial score (nSPS) is 10.9. The molecule has 0 aliphatic rings. The zero-order valence-corrected chi connectivity index (χ0v) is 21.1. The number of nitro benzene ring substituents is 3. The highest BCUT2D eigenvalue weighted by Gasteiger charge is 2.30. The molecule has 0 spiro atoms. The van der Waals surface area contributed by atoms with E-state index in [0.717, 1.165) is 31.2 Å². The number of non-ortho nitro benzene ring substituents is 1. The Kier molecular flexibility index (Phi) is 10.8. The van der Waals surface area contributed by atoms with Crippen LogP contribution in [0.5, 0.6) is 5.75 Å². The lowest BCUT2D eigenvalue weighted by Crippen LogP contribution is -2.34. The first-order chi connectivity index (χ1) is 18.0. The molecule has 0 aliphatic heterocycles. The van der Waals surface area contributed by atoms with Crippen molar-refractivity contribution in [2.45, 2.75) is 13.5 Å². The highest BCUT2D eigenvalue weighted by molar-refractivity contribution is 5.82. The molecule has 0 aromatic heterocycles. The van der Waals surface area contributed by atoms with Crippen molar-refractivity contribution in [3.05, 3.63) is 109 Å². The van der Waals surface area contributed by atoms with Gasteiger partial charge in [0.15, 0.2) is 0 Å². The molecule has 200 valence electrons. The minimum Gasteiger partial charge on any atom is -0.497 e. The molecule has 3 aromatic rings. The van der Waals surface area contributed by atoms with E-state index in [1.807, 2.05) is 30.3 Å². The van der Waals surface area contributed by atoms with E-state index in [9.17, 15) is 30.3 Å². The summed E-state index contributed by atoms with van der Waals surface area (Å²) in [6, 6.07) is 21.6.